The van der Waals surface area contributed by atoms with Gasteiger partial charge in [-0.3, -0.25) is 9.97 Å². The van der Waals surface area contributed by atoms with Gasteiger partial charge in [0.2, 0.25) is 0 Å². The average Bonchev–Trinajstić information content (AvgIpc) is 2.53. The van der Waals surface area contributed by atoms with Crippen molar-refractivity contribution in [2.24, 2.45) is 0 Å². The van der Waals surface area contributed by atoms with Crippen molar-refractivity contribution in [2.75, 3.05) is 0 Å². The first kappa shape index (κ1) is 18.1. The van der Waals surface area contributed by atoms with E-state index in [1.165, 1.54) is 82.7 Å². The molecule has 2 nitrogen and oxygen atoms in total. The first-order valence-electron chi connectivity index (χ1n) is 9.14. The van der Waals surface area contributed by atoms with Crippen molar-refractivity contribution < 1.29 is 0 Å². The Kier molecular flexibility index (Phi) is 11.0. The smallest absolute Gasteiger partial charge is 0.0617 e. The third-order valence-corrected chi connectivity index (χ3v) is 4.31. The van der Waals surface area contributed by atoms with Gasteiger partial charge in [-0.2, -0.15) is 0 Å². The van der Waals surface area contributed by atoms with E-state index in [1.807, 2.05) is 12.4 Å². The van der Waals surface area contributed by atoms with Crippen molar-refractivity contribution >= 4 is 0 Å². The first-order valence-corrected chi connectivity index (χ1v) is 9.14. The molecular formula is C19H34N2. The molecule has 0 unspecified atom stereocenters. The summed E-state index contributed by atoms with van der Waals surface area (Å²) in [6, 6.07) is 0. The van der Waals surface area contributed by atoms with Gasteiger partial charge in [0.15, 0.2) is 0 Å². The van der Waals surface area contributed by atoms with Crippen LogP contribution in [0.5, 0.6) is 0 Å². The van der Waals surface area contributed by atoms with Crippen LogP contribution < -0.4 is 0 Å². The third kappa shape index (κ3) is 8.85. The van der Waals surface area contributed by atoms with Gasteiger partial charge in [0, 0.05) is 24.5 Å². The van der Waals surface area contributed by atoms with Gasteiger partial charge in [-0.25, -0.2) is 0 Å². The van der Waals surface area contributed by atoms with Crippen LogP contribution in [0.1, 0.15) is 103 Å². The summed E-state index contributed by atoms with van der Waals surface area (Å²) in [7, 11) is 0. The van der Waals surface area contributed by atoms with E-state index in [1.54, 1.807) is 6.20 Å². The minimum atomic E-state index is 0.627. The fourth-order valence-corrected chi connectivity index (χ4v) is 2.95. The number of aromatic nitrogens is 2. The number of hydrogen-bond acceptors (Lipinski definition) is 2. The minimum absolute atomic E-state index is 0.627. The lowest BCUT2D eigenvalue weighted by Crippen LogP contribution is -2.03. The molecule has 0 spiro atoms. The summed E-state index contributed by atoms with van der Waals surface area (Å²) in [5.41, 5.74) is 1.21. The van der Waals surface area contributed by atoms with Gasteiger partial charge in [0.25, 0.3) is 0 Å². The normalized spacial score (nSPS) is 11.2. The lowest BCUT2D eigenvalue weighted by atomic mass is 9.92. The molecule has 1 rings (SSSR count). The van der Waals surface area contributed by atoms with Crippen LogP contribution in [0, 0.1) is 0 Å². The Morgan fingerprint density at radius 1 is 0.762 bits per heavy atom. The fraction of sp³-hybridized carbons (Fsp3) is 0.789. The van der Waals surface area contributed by atoms with Crippen LogP contribution >= 0.6 is 0 Å². The second-order valence-corrected chi connectivity index (χ2v) is 6.23. The van der Waals surface area contributed by atoms with Crippen LogP contribution in [0.25, 0.3) is 0 Å². The van der Waals surface area contributed by atoms with Gasteiger partial charge >= 0.3 is 0 Å². The van der Waals surface area contributed by atoms with Crippen LogP contribution in [0.4, 0.5) is 0 Å². The molecule has 0 atom stereocenters. The zero-order valence-corrected chi connectivity index (χ0v) is 14.2. The van der Waals surface area contributed by atoms with Gasteiger partial charge in [0.05, 0.1) is 5.69 Å². The van der Waals surface area contributed by atoms with Gasteiger partial charge in [-0.1, -0.05) is 78.1 Å². The summed E-state index contributed by atoms with van der Waals surface area (Å²) in [6.07, 6.45) is 21.8. The van der Waals surface area contributed by atoms with E-state index in [9.17, 15) is 0 Å². The van der Waals surface area contributed by atoms with Crippen molar-refractivity contribution in [1.29, 1.82) is 0 Å². The minimum Gasteiger partial charge on any atom is -0.261 e. The van der Waals surface area contributed by atoms with E-state index in [4.69, 9.17) is 0 Å². The lowest BCUT2D eigenvalue weighted by molar-refractivity contribution is 0.482. The molecule has 0 aliphatic heterocycles. The molecule has 0 saturated carbocycles. The van der Waals surface area contributed by atoms with Gasteiger partial charge < -0.3 is 0 Å². The standard InChI is InChI=1S/C19H34N2/c1-3-5-7-9-11-13-18(14-12-10-8-6-4-2)19-17-20-15-16-21-19/h15-18H,3-14H2,1-2H3. The SMILES string of the molecule is CCCCCCCC(CCCCCCC)c1cnccn1. The van der Waals surface area contributed by atoms with Crippen LogP contribution in [-0.2, 0) is 0 Å². The molecule has 21 heavy (non-hydrogen) atoms. The molecule has 0 aliphatic carbocycles. The van der Waals surface area contributed by atoms with Crippen molar-refractivity contribution in [3.05, 3.63) is 24.3 Å². The van der Waals surface area contributed by atoms with Gasteiger partial charge in [0.1, 0.15) is 0 Å². The van der Waals surface area contributed by atoms with Crippen LogP contribution in [-0.4, -0.2) is 9.97 Å². The second kappa shape index (κ2) is 12.8. The maximum atomic E-state index is 4.55. The zero-order chi connectivity index (χ0) is 15.2. The van der Waals surface area contributed by atoms with Crippen molar-refractivity contribution in [2.45, 2.75) is 96.8 Å². The Morgan fingerprint density at radius 2 is 1.33 bits per heavy atom. The number of rotatable bonds is 13. The highest BCUT2D eigenvalue weighted by Crippen LogP contribution is 2.26. The molecule has 0 N–H and O–H groups in total. The molecule has 0 fully saturated rings. The van der Waals surface area contributed by atoms with Crippen LogP contribution in [0.15, 0.2) is 18.6 Å². The summed E-state index contributed by atoms with van der Waals surface area (Å²) in [5.74, 6) is 0.627. The summed E-state index contributed by atoms with van der Waals surface area (Å²) in [4.78, 5) is 8.81. The molecule has 0 aromatic carbocycles. The number of nitrogens with zero attached hydrogens (tertiary/aromatic N) is 2. The Labute approximate surface area is 131 Å². The van der Waals surface area contributed by atoms with E-state index < -0.39 is 0 Å². The lowest BCUT2D eigenvalue weighted by Gasteiger charge is -2.16. The maximum absolute atomic E-state index is 4.55. The molecule has 0 aliphatic rings. The molecule has 0 amide bonds. The van der Waals surface area contributed by atoms with E-state index in [0.717, 1.165) is 0 Å². The van der Waals surface area contributed by atoms with E-state index in [0.29, 0.717) is 5.92 Å². The molecule has 1 aromatic heterocycles. The van der Waals surface area contributed by atoms with Gasteiger partial charge in [-0.15, -0.1) is 0 Å². The topological polar surface area (TPSA) is 25.8 Å². The fourth-order valence-electron chi connectivity index (χ4n) is 2.95. The molecular weight excluding hydrogens is 256 g/mol. The van der Waals surface area contributed by atoms with Crippen LogP contribution in [0.2, 0.25) is 0 Å². The Morgan fingerprint density at radius 3 is 1.81 bits per heavy atom. The molecule has 0 bridgehead atoms. The van der Waals surface area contributed by atoms with E-state index in [-0.39, 0.29) is 0 Å². The van der Waals surface area contributed by atoms with Crippen molar-refractivity contribution in [3.8, 4) is 0 Å². The van der Waals surface area contributed by atoms with E-state index in [2.05, 4.69) is 23.8 Å². The highest BCUT2D eigenvalue weighted by atomic mass is 14.8. The first-order chi connectivity index (χ1) is 10.4. The zero-order valence-electron chi connectivity index (χ0n) is 14.2. The predicted molar refractivity (Wildman–Crippen MR) is 91.5 cm³/mol. The van der Waals surface area contributed by atoms with Gasteiger partial charge in [-0.05, 0) is 12.8 Å². The third-order valence-electron chi connectivity index (χ3n) is 4.31. The number of unbranched alkanes of at least 4 members (excludes halogenated alkanes) is 8. The highest BCUT2D eigenvalue weighted by molar-refractivity contribution is 5.03. The second-order valence-electron chi connectivity index (χ2n) is 6.23. The van der Waals surface area contributed by atoms with Crippen LogP contribution in [0.3, 0.4) is 0 Å². The molecule has 0 radical (unpaired) electrons. The number of hydrogen-bond donors (Lipinski definition) is 0. The Balaban J connectivity index is 2.32. The van der Waals surface area contributed by atoms with E-state index >= 15 is 0 Å². The summed E-state index contributed by atoms with van der Waals surface area (Å²) in [5, 5.41) is 0. The molecule has 120 valence electrons. The maximum Gasteiger partial charge on any atom is 0.0617 e. The summed E-state index contributed by atoms with van der Waals surface area (Å²) < 4.78 is 0. The summed E-state index contributed by atoms with van der Waals surface area (Å²) in [6.45, 7) is 4.55. The Hall–Kier alpha value is -0.920. The average molecular weight is 290 g/mol. The summed E-state index contributed by atoms with van der Waals surface area (Å²) >= 11 is 0. The van der Waals surface area contributed by atoms with Crippen molar-refractivity contribution in [3.63, 3.8) is 0 Å². The molecule has 1 heterocycles. The Bertz CT molecular complexity index is 310. The molecule has 0 saturated heterocycles. The quantitative estimate of drug-likeness (QED) is 0.399. The largest absolute Gasteiger partial charge is 0.261 e. The monoisotopic (exact) mass is 290 g/mol. The molecule has 1 aromatic rings. The van der Waals surface area contributed by atoms with Crippen molar-refractivity contribution in [1.82, 2.24) is 9.97 Å². The predicted octanol–water partition coefficient (Wildman–Crippen LogP) is 6.28. The molecule has 2 heteroatoms. The highest BCUT2D eigenvalue weighted by Gasteiger charge is 2.12.